The quantitative estimate of drug-likeness (QED) is 0.806. The molecule has 1 heterocycles. The summed E-state index contributed by atoms with van der Waals surface area (Å²) in [5, 5.41) is 0.131. The number of ether oxygens (including phenoxy) is 1. The van der Waals surface area contributed by atoms with Crippen LogP contribution in [-0.4, -0.2) is 49.0 Å². The summed E-state index contributed by atoms with van der Waals surface area (Å²) < 4.78 is 30.9. The third kappa shape index (κ3) is 3.79. The fraction of sp³-hybridized carbons (Fsp3) is 0.727. The summed E-state index contributed by atoms with van der Waals surface area (Å²) >= 11 is 0. The van der Waals surface area contributed by atoms with Gasteiger partial charge < -0.3 is 9.72 Å². The zero-order valence-electron chi connectivity index (χ0n) is 11.3. The van der Waals surface area contributed by atoms with Gasteiger partial charge in [0.1, 0.15) is 5.82 Å². The van der Waals surface area contributed by atoms with Gasteiger partial charge in [-0.15, -0.1) is 0 Å². The minimum atomic E-state index is -3.49. The van der Waals surface area contributed by atoms with Crippen LogP contribution in [0.4, 0.5) is 0 Å². The van der Waals surface area contributed by atoms with Crippen molar-refractivity contribution in [3.05, 3.63) is 12.0 Å². The number of rotatable bonds is 7. The van der Waals surface area contributed by atoms with Gasteiger partial charge in [0, 0.05) is 20.0 Å². The summed E-state index contributed by atoms with van der Waals surface area (Å²) in [6, 6.07) is 0. The summed E-state index contributed by atoms with van der Waals surface area (Å²) in [6.45, 7) is 6.44. The van der Waals surface area contributed by atoms with Crippen molar-refractivity contribution < 1.29 is 13.2 Å². The predicted molar refractivity (Wildman–Crippen MR) is 68.9 cm³/mol. The Balaban J connectivity index is 2.67. The number of sulfonamides is 1. The van der Waals surface area contributed by atoms with Crippen molar-refractivity contribution in [2.45, 2.75) is 38.3 Å². The monoisotopic (exact) mass is 275 g/mol. The van der Waals surface area contributed by atoms with Gasteiger partial charge in [-0.1, -0.05) is 6.92 Å². The summed E-state index contributed by atoms with van der Waals surface area (Å²) in [6.07, 6.45) is 2.13. The number of nitrogens with zero attached hydrogens (tertiary/aromatic N) is 2. The molecule has 0 unspecified atom stereocenters. The first-order valence-corrected chi connectivity index (χ1v) is 7.43. The van der Waals surface area contributed by atoms with Crippen LogP contribution in [0.15, 0.2) is 11.2 Å². The number of aromatic nitrogens is 2. The molecule has 0 aliphatic rings. The Morgan fingerprint density at radius 1 is 1.50 bits per heavy atom. The molecule has 0 amide bonds. The van der Waals surface area contributed by atoms with E-state index in [9.17, 15) is 8.42 Å². The van der Waals surface area contributed by atoms with Crippen molar-refractivity contribution in [1.82, 2.24) is 14.3 Å². The van der Waals surface area contributed by atoms with Crippen molar-refractivity contribution in [3.8, 4) is 0 Å². The Morgan fingerprint density at radius 3 is 2.67 bits per heavy atom. The number of aryl methyl sites for hydroxylation is 1. The largest absolute Gasteiger partial charge is 0.377 e. The molecule has 0 aromatic carbocycles. The molecule has 1 aromatic heterocycles. The van der Waals surface area contributed by atoms with Gasteiger partial charge in [-0.3, -0.25) is 0 Å². The molecule has 0 spiro atoms. The lowest BCUT2D eigenvalue weighted by Crippen LogP contribution is -2.31. The van der Waals surface area contributed by atoms with Crippen LogP contribution in [-0.2, 0) is 21.2 Å². The Labute approximate surface area is 108 Å². The van der Waals surface area contributed by atoms with E-state index in [0.29, 0.717) is 25.4 Å². The molecule has 18 heavy (non-hydrogen) atoms. The Hall–Kier alpha value is -0.920. The maximum atomic E-state index is 12.1. The standard InChI is InChI=1S/C11H21N3O3S/c1-5-10-12-8-11(13-10)18(15,16)14(4)6-7-17-9(2)3/h8-9H,5-7H2,1-4H3,(H,12,13). The number of likely N-dealkylation sites (N-methyl/N-ethyl adjacent to an activating group) is 1. The average Bonchev–Trinajstić information content (AvgIpc) is 2.77. The van der Waals surface area contributed by atoms with E-state index >= 15 is 0 Å². The molecular formula is C11H21N3O3S. The molecule has 7 heteroatoms. The summed E-state index contributed by atoms with van der Waals surface area (Å²) in [4.78, 5) is 6.80. The van der Waals surface area contributed by atoms with Gasteiger partial charge in [0.2, 0.25) is 0 Å². The molecule has 0 saturated heterocycles. The van der Waals surface area contributed by atoms with Gasteiger partial charge in [-0.05, 0) is 13.8 Å². The molecule has 0 aliphatic heterocycles. The van der Waals surface area contributed by atoms with Crippen LogP contribution in [0.25, 0.3) is 0 Å². The maximum Gasteiger partial charge on any atom is 0.259 e. The summed E-state index contributed by atoms with van der Waals surface area (Å²) in [7, 11) is -1.96. The molecule has 0 radical (unpaired) electrons. The molecular weight excluding hydrogens is 254 g/mol. The van der Waals surface area contributed by atoms with E-state index in [1.807, 2.05) is 20.8 Å². The Morgan fingerprint density at radius 2 is 2.17 bits per heavy atom. The molecule has 1 N–H and O–H groups in total. The second-order valence-electron chi connectivity index (χ2n) is 4.29. The van der Waals surface area contributed by atoms with Crippen molar-refractivity contribution >= 4 is 10.0 Å². The number of H-pyrrole nitrogens is 1. The first kappa shape index (κ1) is 15.1. The van der Waals surface area contributed by atoms with Crippen LogP contribution in [0.5, 0.6) is 0 Å². The maximum absolute atomic E-state index is 12.1. The molecule has 0 atom stereocenters. The number of hydrogen-bond acceptors (Lipinski definition) is 4. The fourth-order valence-corrected chi connectivity index (χ4v) is 2.44. The zero-order chi connectivity index (χ0) is 13.8. The van der Waals surface area contributed by atoms with Crippen LogP contribution >= 0.6 is 0 Å². The van der Waals surface area contributed by atoms with Gasteiger partial charge in [0.15, 0.2) is 5.03 Å². The lowest BCUT2D eigenvalue weighted by Gasteiger charge is -2.16. The lowest BCUT2D eigenvalue weighted by molar-refractivity contribution is 0.0737. The first-order valence-electron chi connectivity index (χ1n) is 5.99. The molecule has 6 nitrogen and oxygen atoms in total. The van der Waals surface area contributed by atoms with Crippen LogP contribution < -0.4 is 0 Å². The van der Waals surface area contributed by atoms with Crippen LogP contribution in [0, 0.1) is 0 Å². The van der Waals surface area contributed by atoms with E-state index in [4.69, 9.17) is 4.74 Å². The first-order chi connectivity index (χ1) is 8.37. The number of imidazole rings is 1. The van der Waals surface area contributed by atoms with Gasteiger partial charge >= 0.3 is 0 Å². The number of hydrogen-bond donors (Lipinski definition) is 1. The van der Waals surface area contributed by atoms with Crippen LogP contribution in [0.3, 0.4) is 0 Å². The molecule has 0 aliphatic carbocycles. The topological polar surface area (TPSA) is 75.3 Å². The molecule has 0 bridgehead atoms. The normalized spacial score (nSPS) is 12.6. The van der Waals surface area contributed by atoms with E-state index in [0.717, 1.165) is 0 Å². The predicted octanol–water partition coefficient (Wildman–Crippen LogP) is 1.02. The highest BCUT2D eigenvalue weighted by Crippen LogP contribution is 2.11. The van der Waals surface area contributed by atoms with Crippen molar-refractivity contribution in [1.29, 1.82) is 0 Å². The van der Waals surface area contributed by atoms with Gasteiger partial charge in [0.25, 0.3) is 10.0 Å². The SMILES string of the molecule is CCc1ncc(S(=O)(=O)N(C)CCOC(C)C)[nH]1. The average molecular weight is 275 g/mol. The highest BCUT2D eigenvalue weighted by atomic mass is 32.2. The summed E-state index contributed by atoms with van der Waals surface area (Å²) in [5.74, 6) is 0.667. The molecule has 0 fully saturated rings. The third-order valence-electron chi connectivity index (χ3n) is 2.49. The van der Waals surface area contributed by atoms with Crippen molar-refractivity contribution in [2.75, 3.05) is 20.2 Å². The second-order valence-corrected chi connectivity index (χ2v) is 6.31. The van der Waals surface area contributed by atoms with Gasteiger partial charge in [-0.25, -0.2) is 13.4 Å². The van der Waals surface area contributed by atoms with Gasteiger partial charge in [0.05, 0.1) is 18.9 Å². The molecule has 1 rings (SSSR count). The highest BCUT2D eigenvalue weighted by Gasteiger charge is 2.22. The van der Waals surface area contributed by atoms with Crippen LogP contribution in [0.2, 0.25) is 0 Å². The van der Waals surface area contributed by atoms with E-state index in [2.05, 4.69) is 9.97 Å². The summed E-state index contributed by atoms with van der Waals surface area (Å²) in [5.41, 5.74) is 0. The number of aromatic amines is 1. The van der Waals surface area contributed by atoms with E-state index < -0.39 is 10.0 Å². The van der Waals surface area contributed by atoms with E-state index in [1.54, 1.807) is 0 Å². The highest BCUT2D eigenvalue weighted by molar-refractivity contribution is 7.89. The fourth-order valence-electron chi connectivity index (χ4n) is 1.36. The molecule has 1 aromatic rings. The minimum Gasteiger partial charge on any atom is -0.377 e. The number of nitrogens with one attached hydrogen (secondary N) is 1. The molecule has 0 saturated carbocycles. The second kappa shape index (κ2) is 6.31. The van der Waals surface area contributed by atoms with Crippen molar-refractivity contribution in [2.24, 2.45) is 0 Å². The smallest absolute Gasteiger partial charge is 0.259 e. The minimum absolute atomic E-state index is 0.0972. The Bertz CT molecular complexity index is 468. The van der Waals surface area contributed by atoms with Gasteiger partial charge in [-0.2, -0.15) is 4.31 Å². The molecule has 104 valence electrons. The van der Waals surface area contributed by atoms with Crippen LogP contribution in [0.1, 0.15) is 26.6 Å². The Kier molecular flexibility index (Phi) is 5.30. The zero-order valence-corrected chi connectivity index (χ0v) is 12.1. The van der Waals surface area contributed by atoms with Crippen molar-refractivity contribution in [3.63, 3.8) is 0 Å². The third-order valence-corrected chi connectivity index (χ3v) is 4.25. The van der Waals surface area contributed by atoms with E-state index in [-0.39, 0.29) is 11.1 Å². The van der Waals surface area contributed by atoms with E-state index in [1.165, 1.54) is 17.5 Å². The lowest BCUT2D eigenvalue weighted by atomic mass is 10.5.